The number of phenols is 1. The lowest BCUT2D eigenvalue weighted by Gasteiger charge is -2.05. The fourth-order valence-electron chi connectivity index (χ4n) is 2.08. The maximum Gasteiger partial charge on any atom is 0.338 e. The van der Waals surface area contributed by atoms with Gasteiger partial charge >= 0.3 is 5.97 Å². The summed E-state index contributed by atoms with van der Waals surface area (Å²) in [5, 5.41) is 9.15. The van der Waals surface area contributed by atoms with E-state index in [2.05, 4.69) is 19.1 Å². The van der Waals surface area contributed by atoms with Gasteiger partial charge in [-0.15, -0.1) is 0 Å². The molecule has 3 heteroatoms. The quantitative estimate of drug-likeness (QED) is 0.380. The summed E-state index contributed by atoms with van der Waals surface area (Å²) in [6.45, 7) is 2.53. The van der Waals surface area contributed by atoms with Gasteiger partial charge in [-0.05, 0) is 50.5 Å². The monoisotopic (exact) mass is 290 g/mol. The molecule has 0 radical (unpaired) electrons. The first-order valence-electron chi connectivity index (χ1n) is 7.81. The maximum atomic E-state index is 11.7. The van der Waals surface area contributed by atoms with E-state index < -0.39 is 0 Å². The zero-order valence-electron chi connectivity index (χ0n) is 12.9. The number of ether oxygens (including phenoxy) is 1. The third-order valence-electron chi connectivity index (χ3n) is 3.34. The fourth-order valence-corrected chi connectivity index (χ4v) is 2.08. The van der Waals surface area contributed by atoms with E-state index in [1.165, 1.54) is 44.2 Å². The van der Waals surface area contributed by atoms with Gasteiger partial charge in [0.2, 0.25) is 0 Å². The predicted octanol–water partition coefficient (Wildman–Crippen LogP) is 4.86. The van der Waals surface area contributed by atoms with Crippen molar-refractivity contribution in [2.75, 3.05) is 6.61 Å². The molecule has 0 aliphatic carbocycles. The van der Waals surface area contributed by atoms with Crippen molar-refractivity contribution in [2.45, 2.75) is 51.9 Å². The van der Waals surface area contributed by atoms with Crippen LogP contribution in [0.1, 0.15) is 62.2 Å². The third kappa shape index (κ3) is 8.18. The van der Waals surface area contributed by atoms with E-state index in [0.717, 1.165) is 12.8 Å². The minimum Gasteiger partial charge on any atom is -0.508 e. The number of benzene rings is 1. The second kappa shape index (κ2) is 11.0. The maximum absolute atomic E-state index is 11.7. The summed E-state index contributed by atoms with van der Waals surface area (Å²) >= 11 is 0. The molecule has 0 fully saturated rings. The van der Waals surface area contributed by atoms with Crippen molar-refractivity contribution in [3.63, 3.8) is 0 Å². The van der Waals surface area contributed by atoms with Crippen molar-refractivity contribution >= 4 is 5.97 Å². The van der Waals surface area contributed by atoms with Crippen LogP contribution < -0.4 is 0 Å². The minimum absolute atomic E-state index is 0.154. The first-order chi connectivity index (χ1) is 10.2. The summed E-state index contributed by atoms with van der Waals surface area (Å²) < 4.78 is 5.20. The Hall–Kier alpha value is -1.77. The van der Waals surface area contributed by atoms with Crippen molar-refractivity contribution in [1.82, 2.24) is 0 Å². The SMILES string of the molecule is C/C=C/CCCCCCCCOC(=O)c1ccc(O)cc1. The van der Waals surface area contributed by atoms with Gasteiger partial charge in [0.25, 0.3) is 0 Å². The zero-order valence-corrected chi connectivity index (χ0v) is 12.9. The zero-order chi connectivity index (χ0) is 15.3. The first kappa shape index (κ1) is 17.3. The van der Waals surface area contributed by atoms with E-state index in [4.69, 9.17) is 9.84 Å². The van der Waals surface area contributed by atoms with Crippen molar-refractivity contribution in [1.29, 1.82) is 0 Å². The summed E-state index contributed by atoms with van der Waals surface area (Å²) in [6.07, 6.45) is 12.5. The summed E-state index contributed by atoms with van der Waals surface area (Å²) in [5.74, 6) is -0.165. The molecule has 3 nitrogen and oxygen atoms in total. The van der Waals surface area contributed by atoms with Gasteiger partial charge < -0.3 is 9.84 Å². The van der Waals surface area contributed by atoms with Gasteiger partial charge in [-0.25, -0.2) is 4.79 Å². The number of hydrogen-bond acceptors (Lipinski definition) is 3. The molecular formula is C18H26O3. The molecule has 1 aromatic rings. The Labute approximate surface area is 127 Å². The number of carbonyl (C=O) groups is 1. The number of allylic oxidation sites excluding steroid dienone is 2. The summed E-state index contributed by atoms with van der Waals surface area (Å²) in [5.41, 5.74) is 0.483. The molecule has 116 valence electrons. The van der Waals surface area contributed by atoms with E-state index >= 15 is 0 Å². The highest BCUT2D eigenvalue weighted by Crippen LogP contribution is 2.11. The van der Waals surface area contributed by atoms with Crippen LogP contribution in [0.15, 0.2) is 36.4 Å². The summed E-state index contributed by atoms with van der Waals surface area (Å²) in [4.78, 5) is 11.7. The van der Waals surface area contributed by atoms with Crippen LogP contribution in [0.2, 0.25) is 0 Å². The Morgan fingerprint density at radius 3 is 2.33 bits per heavy atom. The van der Waals surface area contributed by atoms with Crippen LogP contribution >= 0.6 is 0 Å². The Bertz CT molecular complexity index is 421. The summed E-state index contributed by atoms with van der Waals surface area (Å²) in [6, 6.07) is 6.12. The predicted molar refractivity (Wildman–Crippen MR) is 85.5 cm³/mol. The van der Waals surface area contributed by atoms with E-state index in [0.29, 0.717) is 12.2 Å². The molecule has 0 unspecified atom stereocenters. The molecule has 0 saturated carbocycles. The van der Waals surface area contributed by atoms with Crippen molar-refractivity contribution in [3.8, 4) is 5.75 Å². The molecule has 0 aliphatic heterocycles. The van der Waals surface area contributed by atoms with Gasteiger partial charge in [-0.1, -0.05) is 37.8 Å². The number of aromatic hydroxyl groups is 1. The fraction of sp³-hybridized carbons (Fsp3) is 0.500. The number of carbonyl (C=O) groups excluding carboxylic acids is 1. The average Bonchev–Trinajstić information content (AvgIpc) is 2.49. The van der Waals surface area contributed by atoms with Crippen LogP contribution in [0, 0.1) is 0 Å². The Morgan fingerprint density at radius 1 is 1.05 bits per heavy atom. The topological polar surface area (TPSA) is 46.5 Å². The van der Waals surface area contributed by atoms with Crippen LogP contribution in [-0.2, 0) is 4.74 Å². The number of phenolic OH excluding ortho intramolecular Hbond substituents is 1. The molecule has 0 spiro atoms. The van der Waals surface area contributed by atoms with Crippen molar-refractivity contribution < 1.29 is 14.6 Å². The molecule has 1 N–H and O–H groups in total. The standard InChI is InChI=1S/C18H26O3/c1-2-3-4-5-6-7-8-9-10-15-21-18(20)16-11-13-17(19)14-12-16/h2-3,11-14,19H,4-10,15H2,1H3/b3-2+. The van der Waals surface area contributed by atoms with Gasteiger partial charge in [-0.3, -0.25) is 0 Å². The van der Waals surface area contributed by atoms with E-state index in [9.17, 15) is 4.79 Å². The van der Waals surface area contributed by atoms with Crippen molar-refractivity contribution in [2.24, 2.45) is 0 Å². The highest BCUT2D eigenvalue weighted by atomic mass is 16.5. The number of esters is 1. The minimum atomic E-state index is -0.318. The molecular weight excluding hydrogens is 264 g/mol. The molecule has 0 amide bonds. The largest absolute Gasteiger partial charge is 0.508 e. The number of unbranched alkanes of at least 4 members (excludes halogenated alkanes) is 6. The molecule has 21 heavy (non-hydrogen) atoms. The van der Waals surface area contributed by atoms with Crippen LogP contribution in [0.5, 0.6) is 5.75 Å². The first-order valence-corrected chi connectivity index (χ1v) is 7.81. The van der Waals surface area contributed by atoms with Gasteiger partial charge in [0.15, 0.2) is 0 Å². The van der Waals surface area contributed by atoms with Crippen molar-refractivity contribution in [3.05, 3.63) is 42.0 Å². The lowest BCUT2D eigenvalue weighted by atomic mass is 10.1. The highest BCUT2D eigenvalue weighted by Gasteiger charge is 2.06. The number of rotatable bonds is 10. The van der Waals surface area contributed by atoms with Gasteiger partial charge in [0.05, 0.1) is 12.2 Å². The lowest BCUT2D eigenvalue weighted by Crippen LogP contribution is -2.06. The van der Waals surface area contributed by atoms with Gasteiger partial charge in [-0.2, -0.15) is 0 Å². The molecule has 0 aliphatic rings. The van der Waals surface area contributed by atoms with E-state index in [1.54, 1.807) is 12.1 Å². The van der Waals surface area contributed by atoms with Crippen LogP contribution in [0.4, 0.5) is 0 Å². The second-order valence-electron chi connectivity index (χ2n) is 5.16. The third-order valence-corrected chi connectivity index (χ3v) is 3.34. The normalized spacial score (nSPS) is 10.9. The molecule has 0 heterocycles. The van der Waals surface area contributed by atoms with Crippen LogP contribution in [0.3, 0.4) is 0 Å². The van der Waals surface area contributed by atoms with Gasteiger partial charge in [0, 0.05) is 0 Å². The lowest BCUT2D eigenvalue weighted by molar-refractivity contribution is 0.0497. The second-order valence-corrected chi connectivity index (χ2v) is 5.16. The van der Waals surface area contributed by atoms with Crippen LogP contribution in [0.25, 0.3) is 0 Å². The van der Waals surface area contributed by atoms with E-state index in [-0.39, 0.29) is 11.7 Å². The van der Waals surface area contributed by atoms with Gasteiger partial charge in [0.1, 0.15) is 5.75 Å². The Kier molecular flexibility index (Phi) is 9.01. The molecule has 0 atom stereocenters. The molecule has 0 saturated heterocycles. The summed E-state index contributed by atoms with van der Waals surface area (Å²) in [7, 11) is 0. The molecule has 1 aromatic carbocycles. The molecule has 0 aromatic heterocycles. The smallest absolute Gasteiger partial charge is 0.338 e. The number of hydrogen-bond donors (Lipinski definition) is 1. The van der Waals surface area contributed by atoms with Crippen LogP contribution in [-0.4, -0.2) is 17.7 Å². The Morgan fingerprint density at radius 2 is 1.67 bits per heavy atom. The highest BCUT2D eigenvalue weighted by molar-refractivity contribution is 5.89. The Balaban J connectivity index is 1.99. The molecule has 0 bridgehead atoms. The average molecular weight is 290 g/mol. The van der Waals surface area contributed by atoms with E-state index in [1.807, 2.05) is 0 Å². The molecule has 1 rings (SSSR count).